The van der Waals surface area contributed by atoms with Crippen LogP contribution in [0.2, 0.25) is 20.1 Å². The van der Waals surface area contributed by atoms with Crippen molar-refractivity contribution in [1.82, 2.24) is 50.0 Å². The lowest BCUT2D eigenvalue weighted by atomic mass is 10.0. The maximum Gasteiger partial charge on any atom is 0.336 e. The van der Waals surface area contributed by atoms with Gasteiger partial charge in [-0.1, -0.05) is 58.5 Å². The van der Waals surface area contributed by atoms with E-state index >= 15 is 0 Å². The van der Waals surface area contributed by atoms with Gasteiger partial charge in [0, 0.05) is 121 Å². The first-order chi connectivity index (χ1) is 53.2. The lowest BCUT2D eigenvalue weighted by Gasteiger charge is -2.27. The highest BCUT2D eigenvalue weighted by Gasteiger charge is 2.29. The van der Waals surface area contributed by atoms with E-state index in [0.717, 1.165) is 42.8 Å². The Labute approximate surface area is 656 Å². The highest BCUT2D eigenvalue weighted by molar-refractivity contribution is 6.47. The van der Waals surface area contributed by atoms with E-state index < -0.39 is 23.7 Å². The van der Waals surface area contributed by atoms with Crippen molar-refractivity contribution in [2.45, 2.75) is 40.5 Å². The molecular weight excluding hydrogens is 1510 g/mol. The van der Waals surface area contributed by atoms with E-state index in [1.165, 1.54) is 39.2 Å². The van der Waals surface area contributed by atoms with Gasteiger partial charge in [0.2, 0.25) is 11.6 Å². The van der Waals surface area contributed by atoms with Crippen LogP contribution in [0.1, 0.15) is 90.7 Å². The molecule has 3 saturated heterocycles. The summed E-state index contributed by atoms with van der Waals surface area (Å²) in [6.45, 7) is 13.6. The molecule has 0 atom stereocenters. The number of fused-ring (bicyclic) bond motifs is 4. The smallest absolute Gasteiger partial charge is 0.336 e. The average Bonchev–Trinajstić information content (AvgIpc) is 1.36. The number of esters is 2. The largest absolute Gasteiger partial charge is 0.478 e. The van der Waals surface area contributed by atoms with Crippen molar-refractivity contribution < 1.29 is 67.2 Å². The fourth-order valence-corrected chi connectivity index (χ4v) is 11.8. The number of nitrogens with two attached hydrogens (primary N) is 3. The van der Waals surface area contributed by atoms with Crippen molar-refractivity contribution in [3.8, 4) is 34.2 Å². The number of morpholine rings is 3. The monoisotopic (exact) mass is 1580 g/mol. The number of nitrogens with zero attached hydrogens (tertiary/aromatic N) is 9. The quantitative estimate of drug-likeness (QED) is 0.0388. The number of rotatable bonds is 9. The summed E-state index contributed by atoms with van der Waals surface area (Å²) in [5.41, 5.74) is 27.6. The van der Waals surface area contributed by atoms with Crippen LogP contribution >= 0.6 is 46.4 Å². The minimum atomic E-state index is -1.04. The summed E-state index contributed by atoms with van der Waals surface area (Å²) < 4.78 is 19.7. The summed E-state index contributed by atoms with van der Waals surface area (Å²) >= 11 is 23.9. The molecule has 0 unspecified atom stereocenters. The number of ketones is 4. The van der Waals surface area contributed by atoms with E-state index in [9.17, 15) is 48.3 Å². The second-order valence-corrected chi connectivity index (χ2v) is 26.6. The Morgan fingerprint density at radius 1 is 0.468 bits per heavy atom. The topological polar surface area (TPSA) is 398 Å². The predicted octanol–water partition coefficient (Wildman–Crippen LogP) is 12.0. The number of carboxylic acids is 1. The van der Waals surface area contributed by atoms with Crippen LogP contribution in [0, 0.1) is 0 Å². The first-order valence-electron chi connectivity index (χ1n) is 34.4. The van der Waals surface area contributed by atoms with E-state index in [-0.39, 0.29) is 41.1 Å². The van der Waals surface area contributed by atoms with Crippen LogP contribution < -0.4 is 22.5 Å². The number of nitrogens with one attached hydrogen (secondary N) is 1. The molecule has 3 aliphatic heterocycles. The molecule has 3 fully saturated rings. The molecule has 15 rings (SSSR count). The molecule has 0 radical (unpaired) electrons. The van der Waals surface area contributed by atoms with Crippen molar-refractivity contribution in [1.29, 1.82) is 0 Å². The Balaban J connectivity index is 0.000000159. The molecular formula is C80H75Cl4N13O14. The number of carbonyl (C=O) groups is 9. The Morgan fingerprint density at radius 3 is 1.22 bits per heavy atom. The standard InChI is InChI=1S/C22H20ClN3O3.C19H17ClN4O2.C15H10ClN3O2.C9H5ClO2.C7H8N2O.C4H9NO.C4H6O3/c1-14(27)10-15-2-4-20(24-13-15)21-12-18(22(28)26-6-8-29-9-7-26)17-11-16(23)3-5-19(17)25-21;20-12-1-3-16-14(9-12)15(19(25)24-5-7-26-8-6-24)10-18(23-16)17-4-2-13(21)11-22-17;16-8-1-3-12-10(5-8)11(15(20)21)6-14(19-12)13-4-2-9(17)7-18-13;10-6-2-1-5-3-8(11)9(12)7(5)4-6;1-5(10)7-3-2-6(8)4-9-7;1-3-6-4-2-5-1;1-3(5)7-4(2)6/h2-5,11-13H,6-10H2,1H3;1-4,9-11H,5-8,21H2;1-7H,17H2,(H,20,21);1-2,4H,3H2;2-4H,8H2,1H3;5H,1-4H2;1-2H3. The zero-order valence-electron chi connectivity index (χ0n) is 60.5. The highest BCUT2D eigenvalue weighted by Crippen LogP contribution is 2.32. The summed E-state index contributed by atoms with van der Waals surface area (Å²) in [5.74, 6) is -3.00. The lowest BCUT2D eigenvalue weighted by molar-refractivity contribution is -0.156. The fourth-order valence-electron chi connectivity index (χ4n) is 11.1. The van der Waals surface area contributed by atoms with Gasteiger partial charge in [-0.2, -0.15) is 0 Å². The normalized spacial score (nSPS) is 13.4. The third-order valence-corrected chi connectivity index (χ3v) is 17.4. The van der Waals surface area contributed by atoms with Crippen LogP contribution in [-0.2, 0) is 51.0 Å². The number of carbonyl (C=O) groups excluding carboxylic acids is 8. The number of amides is 2. The molecule has 4 aromatic carbocycles. The average molecular weight is 1580 g/mol. The van der Waals surface area contributed by atoms with E-state index in [0.29, 0.717) is 180 Å². The zero-order chi connectivity index (χ0) is 79.8. The molecule has 2 amide bonds. The summed E-state index contributed by atoms with van der Waals surface area (Å²) in [7, 11) is 0. The first-order valence-corrected chi connectivity index (χ1v) is 35.9. The number of benzene rings is 4. The SMILES string of the molecule is C1COCCN1.CC(=O)Cc1ccc(-c2cc(C(=O)N3CCOCC3)c3cc(Cl)ccc3n2)nc1.CC(=O)OC(C)=O.CC(=O)c1ccc(N)cn1.Nc1ccc(-c2cc(C(=O)N3CCOCC3)c3cc(Cl)ccc3n2)nc1.Nc1ccc(-c2cc(C(=O)O)c3cc(Cl)ccc3n2)nc1.O=C1Cc2ccc(Cl)cc2C1=O. The fraction of sp³-hybridized carbons (Fsp3) is 0.225. The van der Waals surface area contributed by atoms with Crippen molar-refractivity contribution in [3.63, 3.8) is 0 Å². The van der Waals surface area contributed by atoms with Crippen LogP contribution in [0.15, 0.2) is 164 Å². The molecule has 1 aliphatic carbocycles. The minimum absolute atomic E-state index is 0.0417. The van der Waals surface area contributed by atoms with E-state index in [1.807, 2.05) is 18.2 Å². The van der Waals surface area contributed by atoms with Crippen LogP contribution in [0.5, 0.6) is 0 Å². The minimum Gasteiger partial charge on any atom is -0.478 e. The molecule has 4 aliphatic rings. The van der Waals surface area contributed by atoms with Gasteiger partial charge in [0.15, 0.2) is 5.78 Å². The van der Waals surface area contributed by atoms with E-state index in [1.54, 1.807) is 144 Å². The van der Waals surface area contributed by atoms with Gasteiger partial charge < -0.3 is 56.4 Å². The summed E-state index contributed by atoms with van der Waals surface area (Å²) in [5, 5.41) is 16.6. The summed E-state index contributed by atoms with van der Waals surface area (Å²) in [4.78, 5) is 136. The highest BCUT2D eigenvalue weighted by atomic mass is 35.5. The number of pyridine rings is 7. The van der Waals surface area contributed by atoms with Crippen molar-refractivity contribution in [3.05, 3.63) is 223 Å². The van der Waals surface area contributed by atoms with Gasteiger partial charge in [0.1, 0.15) is 11.5 Å². The molecule has 0 bridgehead atoms. The van der Waals surface area contributed by atoms with Gasteiger partial charge in [0.25, 0.3) is 11.8 Å². The number of Topliss-reactive ketones (excluding diaryl/α,β-unsaturated/α-hetero) is 4. The molecule has 0 saturated carbocycles. The number of aromatic nitrogens is 7. The molecule has 31 heteroatoms. The summed E-state index contributed by atoms with van der Waals surface area (Å²) in [6.07, 6.45) is 6.80. The van der Waals surface area contributed by atoms with Gasteiger partial charge in [-0.15, -0.1) is 0 Å². The second-order valence-electron chi connectivity index (χ2n) is 24.9. The third-order valence-electron chi connectivity index (χ3n) is 16.4. The number of anilines is 3. The number of aromatic carboxylic acids is 1. The molecule has 572 valence electrons. The van der Waals surface area contributed by atoms with Crippen LogP contribution in [0.4, 0.5) is 17.1 Å². The van der Waals surface area contributed by atoms with Crippen molar-refractivity contribution in [2.75, 3.05) is 96.1 Å². The number of ether oxygens (including phenoxy) is 4. The molecule has 10 heterocycles. The van der Waals surface area contributed by atoms with Gasteiger partial charge in [-0.25, -0.2) is 19.7 Å². The van der Waals surface area contributed by atoms with Crippen molar-refractivity contribution >= 4 is 149 Å². The van der Waals surface area contributed by atoms with E-state index in [2.05, 4.69) is 44.9 Å². The Kier molecular flexibility index (Phi) is 30.2. The van der Waals surface area contributed by atoms with Gasteiger partial charge in [0.05, 0.1) is 143 Å². The van der Waals surface area contributed by atoms with Crippen LogP contribution in [0.25, 0.3) is 66.9 Å². The Bertz CT molecular complexity index is 5220. The Morgan fingerprint density at radius 2 is 0.865 bits per heavy atom. The van der Waals surface area contributed by atoms with Crippen LogP contribution in [0.3, 0.4) is 0 Å². The van der Waals surface area contributed by atoms with Gasteiger partial charge >= 0.3 is 17.9 Å². The number of hydrogen-bond acceptors (Lipinski definition) is 24. The predicted molar refractivity (Wildman–Crippen MR) is 423 cm³/mol. The number of nitrogen functional groups attached to an aromatic ring is 3. The number of carboxylic acid groups (broad SMARTS) is 1. The summed E-state index contributed by atoms with van der Waals surface area (Å²) in [6, 6.07) is 39.5. The van der Waals surface area contributed by atoms with Gasteiger partial charge in [-0.05, 0) is 145 Å². The molecule has 111 heavy (non-hydrogen) atoms. The number of halogens is 4. The van der Waals surface area contributed by atoms with Crippen molar-refractivity contribution in [2.24, 2.45) is 0 Å². The Hall–Kier alpha value is -11.7. The maximum atomic E-state index is 13.2. The maximum absolute atomic E-state index is 13.2. The molecule has 0 spiro atoms. The van der Waals surface area contributed by atoms with Gasteiger partial charge in [-0.3, -0.25) is 58.3 Å². The first kappa shape index (κ1) is 83.4. The lowest BCUT2D eigenvalue weighted by Crippen LogP contribution is -2.40. The third kappa shape index (κ3) is 24.2. The van der Waals surface area contributed by atoms with Crippen LogP contribution in [-0.4, -0.2) is 182 Å². The van der Waals surface area contributed by atoms with E-state index in [4.69, 9.17) is 77.8 Å². The zero-order valence-corrected chi connectivity index (χ0v) is 63.5. The molecule has 8 N–H and O–H groups in total. The second kappa shape index (κ2) is 40.1. The molecule has 7 aromatic heterocycles. The molecule has 11 aromatic rings. The molecule has 27 nitrogen and oxygen atoms in total. The number of hydrogen-bond donors (Lipinski definition) is 5.